The number of fused-ring (bicyclic) bond motifs is 1. The number of thiazole rings is 1. The number of hydrogen-bond acceptors (Lipinski definition) is 5. The van der Waals surface area contributed by atoms with Crippen LogP contribution < -0.4 is 16.0 Å². The predicted molar refractivity (Wildman–Crippen MR) is 86.0 cm³/mol. The second-order valence-electron chi connectivity index (χ2n) is 4.96. The number of nitrogens with zero attached hydrogens (tertiary/aromatic N) is 2. The van der Waals surface area contributed by atoms with Crippen molar-refractivity contribution in [3.63, 3.8) is 0 Å². The van der Waals surface area contributed by atoms with Gasteiger partial charge in [0.2, 0.25) is 0 Å². The highest BCUT2D eigenvalue weighted by Crippen LogP contribution is 2.25. The first-order chi connectivity index (χ1) is 10.3. The average Bonchev–Trinajstić information content (AvgIpc) is 2.90. The van der Waals surface area contributed by atoms with Gasteiger partial charge in [-0.1, -0.05) is 23.5 Å². The molecule has 1 aromatic heterocycles. The summed E-state index contributed by atoms with van der Waals surface area (Å²) < 4.78 is 1.08. The van der Waals surface area contributed by atoms with Gasteiger partial charge in [-0.2, -0.15) is 0 Å². The summed E-state index contributed by atoms with van der Waals surface area (Å²) in [6.07, 6.45) is 0. The second-order valence-corrected chi connectivity index (χ2v) is 5.99. The van der Waals surface area contributed by atoms with E-state index in [1.165, 1.54) is 11.3 Å². The first kappa shape index (κ1) is 14.2. The average molecular weight is 305 g/mol. The Hall–Kier alpha value is -1.70. The molecule has 2 heterocycles. The van der Waals surface area contributed by atoms with Crippen LogP contribution in [0.3, 0.4) is 0 Å². The van der Waals surface area contributed by atoms with Crippen molar-refractivity contribution in [3.05, 3.63) is 24.3 Å². The Morgan fingerprint density at radius 2 is 2.14 bits per heavy atom. The van der Waals surface area contributed by atoms with Crippen LogP contribution in [0, 0.1) is 0 Å². The molecular formula is C14H19N5OS. The molecule has 1 aromatic carbocycles. The quantitative estimate of drug-likeness (QED) is 0.797. The van der Waals surface area contributed by atoms with Gasteiger partial charge >= 0.3 is 6.03 Å². The molecule has 6 nitrogen and oxygen atoms in total. The monoisotopic (exact) mass is 305 g/mol. The standard InChI is InChI=1S/C14H19N5OS/c20-13(16-7-10-19-8-5-15-6-9-19)18-14-17-11-3-1-2-4-12(11)21-14/h1-4,15H,5-10H2,(H2,16,17,18,20). The summed E-state index contributed by atoms with van der Waals surface area (Å²) in [6.45, 7) is 5.67. The Labute approximate surface area is 127 Å². The van der Waals surface area contributed by atoms with Gasteiger partial charge in [0.15, 0.2) is 5.13 Å². The minimum absolute atomic E-state index is 0.191. The SMILES string of the molecule is O=C(NCCN1CCNCC1)Nc1nc2ccccc2s1. The number of amides is 2. The molecular weight excluding hydrogens is 286 g/mol. The summed E-state index contributed by atoms with van der Waals surface area (Å²) in [7, 11) is 0. The number of aromatic nitrogens is 1. The molecule has 3 rings (SSSR count). The molecule has 0 aliphatic carbocycles. The molecule has 0 unspecified atom stereocenters. The van der Waals surface area contributed by atoms with Crippen LogP contribution in [0.1, 0.15) is 0 Å². The fourth-order valence-corrected chi connectivity index (χ4v) is 3.19. The van der Waals surface area contributed by atoms with Gasteiger partial charge in [-0.3, -0.25) is 10.2 Å². The van der Waals surface area contributed by atoms with Crippen molar-refractivity contribution in [2.75, 3.05) is 44.6 Å². The van der Waals surface area contributed by atoms with Crippen molar-refractivity contribution in [3.8, 4) is 0 Å². The van der Waals surface area contributed by atoms with Crippen molar-refractivity contribution in [2.45, 2.75) is 0 Å². The van der Waals surface area contributed by atoms with Gasteiger partial charge in [0.25, 0.3) is 0 Å². The Bertz CT molecular complexity index is 575. The van der Waals surface area contributed by atoms with E-state index < -0.39 is 0 Å². The molecule has 0 bridgehead atoms. The maximum Gasteiger partial charge on any atom is 0.321 e. The van der Waals surface area contributed by atoms with Crippen LogP contribution in [0.15, 0.2) is 24.3 Å². The van der Waals surface area contributed by atoms with Crippen LogP contribution in [0.4, 0.5) is 9.93 Å². The van der Waals surface area contributed by atoms with E-state index in [0.29, 0.717) is 11.7 Å². The first-order valence-electron chi connectivity index (χ1n) is 7.15. The number of rotatable bonds is 4. The van der Waals surface area contributed by atoms with E-state index in [-0.39, 0.29) is 6.03 Å². The number of nitrogens with one attached hydrogen (secondary N) is 3. The smallest absolute Gasteiger partial charge is 0.321 e. The minimum Gasteiger partial charge on any atom is -0.337 e. The zero-order valence-electron chi connectivity index (χ0n) is 11.8. The summed E-state index contributed by atoms with van der Waals surface area (Å²) >= 11 is 1.49. The number of para-hydroxylation sites is 1. The van der Waals surface area contributed by atoms with Gasteiger partial charge in [-0.15, -0.1) is 0 Å². The lowest BCUT2D eigenvalue weighted by Crippen LogP contribution is -2.46. The van der Waals surface area contributed by atoms with Crippen LogP contribution in [-0.2, 0) is 0 Å². The highest BCUT2D eigenvalue weighted by molar-refractivity contribution is 7.22. The molecule has 1 aliphatic rings. The maximum atomic E-state index is 11.8. The third-order valence-electron chi connectivity index (χ3n) is 3.44. The minimum atomic E-state index is -0.191. The van der Waals surface area contributed by atoms with Crippen LogP contribution in [0.2, 0.25) is 0 Å². The molecule has 1 aliphatic heterocycles. The molecule has 7 heteroatoms. The summed E-state index contributed by atoms with van der Waals surface area (Å²) in [5.41, 5.74) is 0.915. The molecule has 2 aromatic rings. The number of hydrogen-bond donors (Lipinski definition) is 3. The Morgan fingerprint density at radius 3 is 2.95 bits per heavy atom. The molecule has 0 saturated carbocycles. The van der Waals surface area contributed by atoms with Gasteiger partial charge in [0.1, 0.15) is 0 Å². The fraction of sp³-hybridized carbons (Fsp3) is 0.429. The highest BCUT2D eigenvalue weighted by atomic mass is 32.1. The van der Waals surface area contributed by atoms with Gasteiger partial charge in [-0.05, 0) is 12.1 Å². The van der Waals surface area contributed by atoms with E-state index in [1.54, 1.807) is 0 Å². The van der Waals surface area contributed by atoms with E-state index in [4.69, 9.17) is 0 Å². The summed E-state index contributed by atoms with van der Waals surface area (Å²) in [6, 6.07) is 7.67. The number of piperazine rings is 1. The third kappa shape index (κ3) is 3.90. The van der Waals surface area contributed by atoms with Gasteiger partial charge in [-0.25, -0.2) is 9.78 Å². The van der Waals surface area contributed by atoms with Crippen molar-refractivity contribution in [1.29, 1.82) is 0 Å². The lowest BCUT2D eigenvalue weighted by atomic mass is 10.3. The first-order valence-corrected chi connectivity index (χ1v) is 7.96. The normalized spacial score (nSPS) is 16.0. The highest BCUT2D eigenvalue weighted by Gasteiger charge is 2.10. The lowest BCUT2D eigenvalue weighted by molar-refractivity contribution is 0.233. The summed E-state index contributed by atoms with van der Waals surface area (Å²) in [4.78, 5) is 18.6. The largest absolute Gasteiger partial charge is 0.337 e. The van der Waals surface area contributed by atoms with Crippen molar-refractivity contribution < 1.29 is 4.79 Å². The van der Waals surface area contributed by atoms with Gasteiger partial charge < -0.3 is 10.6 Å². The van der Waals surface area contributed by atoms with Crippen LogP contribution in [0.25, 0.3) is 10.2 Å². The van der Waals surface area contributed by atoms with Crippen LogP contribution in [-0.4, -0.2) is 55.2 Å². The number of anilines is 1. The number of carbonyl (C=O) groups excluding carboxylic acids is 1. The lowest BCUT2D eigenvalue weighted by Gasteiger charge is -2.27. The zero-order chi connectivity index (χ0) is 14.5. The Kier molecular flexibility index (Phi) is 4.64. The molecule has 0 spiro atoms. The predicted octanol–water partition coefficient (Wildman–Crippen LogP) is 1.32. The Morgan fingerprint density at radius 1 is 1.33 bits per heavy atom. The van der Waals surface area contributed by atoms with E-state index >= 15 is 0 Å². The molecule has 0 radical (unpaired) electrons. The molecule has 2 amide bonds. The Balaban J connectivity index is 1.45. The molecule has 21 heavy (non-hydrogen) atoms. The summed E-state index contributed by atoms with van der Waals surface area (Å²) in [5.74, 6) is 0. The third-order valence-corrected chi connectivity index (χ3v) is 4.39. The molecule has 112 valence electrons. The second kappa shape index (κ2) is 6.84. The maximum absolute atomic E-state index is 11.8. The zero-order valence-corrected chi connectivity index (χ0v) is 12.6. The van der Waals surface area contributed by atoms with E-state index in [9.17, 15) is 4.79 Å². The topological polar surface area (TPSA) is 69.3 Å². The van der Waals surface area contributed by atoms with E-state index in [2.05, 4.69) is 25.8 Å². The number of carbonyl (C=O) groups is 1. The number of benzene rings is 1. The fourth-order valence-electron chi connectivity index (χ4n) is 2.33. The molecule has 1 saturated heterocycles. The molecule has 1 fully saturated rings. The number of urea groups is 1. The van der Waals surface area contributed by atoms with E-state index in [0.717, 1.165) is 42.9 Å². The van der Waals surface area contributed by atoms with E-state index in [1.807, 2.05) is 24.3 Å². The van der Waals surface area contributed by atoms with Gasteiger partial charge in [0, 0.05) is 39.3 Å². The molecule has 0 atom stereocenters. The molecule has 3 N–H and O–H groups in total. The van der Waals surface area contributed by atoms with Crippen molar-refractivity contribution in [1.82, 2.24) is 20.5 Å². The van der Waals surface area contributed by atoms with Gasteiger partial charge in [0.05, 0.1) is 10.2 Å². The van der Waals surface area contributed by atoms with Crippen LogP contribution >= 0.6 is 11.3 Å². The van der Waals surface area contributed by atoms with Crippen molar-refractivity contribution >= 4 is 32.7 Å². The van der Waals surface area contributed by atoms with Crippen molar-refractivity contribution in [2.24, 2.45) is 0 Å². The summed E-state index contributed by atoms with van der Waals surface area (Å²) in [5, 5.41) is 9.62. The van der Waals surface area contributed by atoms with Crippen LogP contribution in [0.5, 0.6) is 0 Å².